The molecule has 1 unspecified atom stereocenters. The second kappa shape index (κ2) is 5.53. The summed E-state index contributed by atoms with van der Waals surface area (Å²) in [7, 11) is 0. The van der Waals surface area contributed by atoms with E-state index in [9.17, 15) is 9.90 Å². The van der Waals surface area contributed by atoms with Crippen molar-refractivity contribution in [3.63, 3.8) is 0 Å². The lowest BCUT2D eigenvalue weighted by Crippen LogP contribution is -2.44. The molecule has 98 valence electrons. The Morgan fingerprint density at radius 3 is 2.78 bits per heavy atom. The Kier molecular flexibility index (Phi) is 4.02. The van der Waals surface area contributed by atoms with Gasteiger partial charge in [0.2, 0.25) is 0 Å². The molecule has 3 heteroatoms. The first-order valence-corrected chi connectivity index (χ1v) is 6.61. The van der Waals surface area contributed by atoms with Gasteiger partial charge < -0.3 is 5.11 Å². The number of benzene rings is 1. The van der Waals surface area contributed by atoms with Crippen LogP contribution in [0.1, 0.15) is 36.0 Å². The van der Waals surface area contributed by atoms with Gasteiger partial charge in [-0.3, -0.25) is 9.69 Å². The third-order valence-corrected chi connectivity index (χ3v) is 3.86. The third kappa shape index (κ3) is 2.91. The van der Waals surface area contributed by atoms with E-state index in [1.165, 1.54) is 16.7 Å². The number of hydrogen-bond donors (Lipinski definition) is 1. The molecular weight excluding hydrogens is 226 g/mol. The average molecular weight is 247 g/mol. The molecule has 1 aromatic carbocycles. The number of carboxylic acids is 1. The summed E-state index contributed by atoms with van der Waals surface area (Å²) in [5.41, 5.74) is 3.77. The van der Waals surface area contributed by atoms with Crippen LogP contribution in [0.4, 0.5) is 0 Å². The highest BCUT2D eigenvalue weighted by Crippen LogP contribution is 2.20. The summed E-state index contributed by atoms with van der Waals surface area (Å²) >= 11 is 0. The standard InChI is InChI=1S/C15H21NO2/c1-11-6-7-13(9-12(11)2)10-16-8-4-3-5-14(16)15(17)18/h6-7,9,14H,3-5,8,10H2,1-2H3,(H,17,18). The van der Waals surface area contributed by atoms with E-state index in [1.54, 1.807) is 0 Å². The summed E-state index contributed by atoms with van der Waals surface area (Å²) in [6.07, 6.45) is 2.91. The van der Waals surface area contributed by atoms with Gasteiger partial charge in [-0.1, -0.05) is 24.6 Å². The van der Waals surface area contributed by atoms with Crippen LogP contribution in [0.3, 0.4) is 0 Å². The molecule has 3 nitrogen and oxygen atoms in total. The number of rotatable bonds is 3. The molecule has 1 aromatic rings. The van der Waals surface area contributed by atoms with Crippen LogP contribution in [-0.2, 0) is 11.3 Å². The van der Waals surface area contributed by atoms with E-state index in [-0.39, 0.29) is 6.04 Å². The lowest BCUT2D eigenvalue weighted by Gasteiger charge is -2.32. The minimum atomic E-state index is -0.682. The van der Waals surface area contributed by atoms with Crippen molar-refractivity contribution in [3.8, 4) is 0 Å². The Labute approximate surface area is 108 Å². The van der Waals surface area contributed by atoms with Crippen molar-refractivity contribution in [1.29, 1.82) is 0 Å². The lowest BCUT2D eigenvalue weighted by atomic mass is 10.00. The molecule has 1 saturated heterocycles. The van der Waals surface area contributed by atoms with Gasteiger partial charge in [0.25, 0.3) is 0 Å². The average Bonchev–Trinajstić information content (AvgIpc) is 2.34. The van der Waals surface area contributed by atoms with Crippen molar-refractivity contribution in [2.24, 2.45) is 0 Å². The number of hydrogen-bond acceptors (Lipinski definition) is 2. The van der Waals surface area contributed by atoms with E-state index in [0.717, 1.165) is 32.4 Å². The van der Waals surface area contributed by atoms with Crippen LogP contribution in [0.15, 0.2) is 18.2 Å². The summed E-state index contributed by atoms with van der Waals surface area (Å²) in [6.45, 7) is 5.84. The molecule has 1 heterocycles. The Hall–Kier alpha value is -1.35. The van der Waals surface area contributed by atoms with Gasteiger partial charge in [0.15, 0.2) is 0 Å². The lowest BCUT2D eigenvalue weighted by molar-refractivity contribution is -0.144. The smallest absolute Gasteiger partial charge is 0.320 e. The van der Waals surface area contributed by atoms with Crippen LogP contribution in [-0.4, -0.2) is 28.6 Å². The fraction of sp³-hybridized carbons (Fsp3) is 0.533. The molecule has 0 radical (unpaired) electrons. The summed E-state index contributed by atoms with van der Waals surface area (Å²) in [5.74, 6) is -0.682. The summed E-state index contributed by atoms with van der Waals surface area (Å²) in [6, 6.07) is 6.09. The van der Waals surface area contributed by atoms with Crippen molar-refractivity contribution in [2.75, 3.05) is 6.54 Å². The topological polar surface area (TPSA) is 40.5 Å². The number of aliphatic carboxylic acids is 1. The Balaban J connectivity index is 2.10. The van der Waals surface area contributed by atoms with Crippen LogP contribution in [0.2, 0.25) is 0 Å². The van der Waals surface area contributed by atoms with Crippen LogP contribution in [0.25, 0.3) is 0 Å². The van der Waals surface area contributed by atoms with E-state index in [1.807, 2.05) is 0 Å². The highest BCUT2D eigenvalue weighted by Gasteiger charge is 2.28. The first-order chi connectivity index (χ1) is 8.58. The Morgan fingerprint density at radius 2 is 2.11 bits per heavy atom. The molecule has 1 fully saturated rings. The second-order valence-corrected chi connectivity index (χ2v) is 5.24. The molecule has 18 heavy (non-hydrogen) atoms. The molecular formula is C15H21NO2. The molecule has 1 atom stereocenters. The third-order valence-electron chi connectivity index (χ3n) is 3.86. The number of likely N-dealkylation sites (tertiary alicyclic amines) is 1. The van der Waals surface area contributed by atoms with Gasteiger partial charge >= 0.3 is 5.97 Å². The second-order valence-electron chi connectivity index (χ2n) is 5.24. The monoisotopic (exact) mass is 247 g/mol. The molecule has 0 aliphatic carbocycles. The van der Waals surface area contributed by atoms with Gasteiger partial charge in [0.1, 0.15) is 6.04 Å². The Morgan fingerprint density at radius 1 is 1.33 bits per heavy atom. The predicted molar refractivity (Wildman–Crippen MR) is 71.6 cm³/mol. The molecule has 1 N–H and O–H groups in total. The normalized spacial score (nSPS) is 20.9. The minimum absolute atomic E-state index is 0.305. The fourth-order valence-corrected chi connectivity index (χ4v) is 2.60. The summed E-state index contributed by atoms with van der Waals surface area (Å²) in [5, 5.41) is 9.24. The molecule has 1 aliphatic heterocycles. The highest BCUT2D eigenvalue weighted by molar-refractivity contribution is 5.73. The summed E-state index contributed by atoms with van der Waals surface area (Å²) < 4.78 is 0. The van der Waals surface area contributed by atoms with Gasteiger partial charge in [-0.05, 0) is 49.9 Å². The van der Waals surface area contributed by atoms with Crippen molar-refractivity contribution in [1.82, 2.24) is 4.90 Å². The van der Waals surface area contributed by atoms with Gasteiger partial charge in [-0.25, -0.2) is 0 Å². The number of carbonyl (C=O) groups is 1. The van der Waals surface area contributed by atoms with Crippen LogP contribution < -0.4 is 0 Å². The first-order valence-electron chi connectivity index (χ1n) is 6.61. The maximum Gasteiger partial charge on any atom is 0.320 e. The van der Waals surface area contributed by atoms with Gasteiger partial charge in [0, 0.05) is 6.54 Å². The van der Waals surface area contributed by atoms with Crippen molar-refractivity contribution < 1.29 is 9.90 Å². The zero-order valence-electron chi connectivity index (χ0n) is 11.1. The molecule has 0 amide bonds. The van der Waals surface area contributed by atoms with Gasteiger partial charge in [-0.15, -0.1) is 0 Å². The molecule has 1 aliphatic rings. The largest absolute Gasteiger partial charge is 0.480 e. The van der Waals surface area contributed by atoms with Crippen molar-refractivity contribution in [3.05, 3.63) is 34.9 Å². The number of nitrogens with zero attached hydrogens (tertiary/aromatic N) is 1. The maximum absolute atomic E-state index is 11.2. The number of carboxylic acid groups (broad SMARTS) is 1. The molecule has 2 rings (SSSR count). The number of aryl methyl sites for hydroxylation is 2. The van der Waals surface area contributed by atoms with Crippen LogP contribution in [0, 0.1) is 13.8 Å². The quantitative estimate of drug-likeness (QED) is 0.892. The fourth-order valence-electron chi connectivity index (χ4n) is 2.60. The zero-order valence-corrected chi connectivity index (χ0v) is 11.1. The molecule has 0 bridgehead atoms. The van der Waals surface area contributed by atoms with E-state index < -0.39 is 5.97 Å². The van der Waals surface area contributed by atoms with E-state index in [2.05, 4.69) is 36.9 Å². The SMILES string of the molecule is Cc1ccc(CN2CCCCC2C(=O)O)cc1C. The summed E-state index contributed by atoms with van der Waals surface area (Å²) in [4.78, 5) is 13.3. The zero-order chi connectivity index (χ0) is 13.1. The van der Waals surface area contributed by atoms with E-state index in [4.69, 9.17) is 0 Å². The number of piperidine rings is 1. The van der Waals surface area contributed by atoms with Gasteiger partial charge in [-0.2, -0.15) is 0 Å². The van der Waals surface area contributed by atoms with Crippen molar-refractivity contribution in [2.45, 2.75) is 45.7 Å². The molecule has 0 aromatic heterocycles. The van der Waals surface area contributed by atoms with Crippen LogP contribution in [0.5, 0.6) is 0 Å². The predicted octanol–water partition coefficient (Wildman–Crippen LogP) is 2.74. The first kappa shape index (κ1) is 13.1. The molecule has 0 spiro atoms. The minimum Gasteiger partial charge on any atom is -0.480 e. The van der Waals surface area contributed by atoms with Gasteiger partial charge in [0.05, 0.1) is 0 Å². The Bertz CT molecular complexity index is 442. The molecule has 0 saturated carbocycles. The van der Waals surface area contributed by atoms with Crippen LogP contribution >= 0.6 is 0 Å². The van der Waals surface area contributed by atoms with E-state index in [0.29, 0.717) is 0 Å². The van der Waals surface area contributed by atoms with E-state index >= 15 is 0 Å². The van der Waals surface area contributed by atoms with Crippen molar-refractivity contribution >= 4 is 5.97 Å². The maximum atomic E-state index is 11.2. The highest BCUT2D eigenvalue weighted by atomic mass is 16.4.